The Morgan fingerprint density at radius 3 is 2.62 bits per heavy atom. The summed E-state index contributed by atoms with van der Waals surface area (Å²) in [5.41, 5.74) is 6.28. The molecule has 2 amide bonds. The summed E-state index contributed by atoms with van der Waals surface area (Å²) in [5, 5.41) is 4.52. The Hall–Kier alpha value is -3.65. The number of nitrogens with one attached hydrogen (secondary N) is 2. The lowest BCUT2D eigenvalue weighted by Gasteiger charge is -2.31. The van der Waals surface area contributed by atoms with Crippen LogP contribution in [-0.2, 0) is 14.3 Å². The Balaban J connectivity index is 1.40. The van der Waals surface area contributed by atoms with Crippen LogP contribution in [0.15, 0.2) is 60.9 Å². The summed E-state index contributed by atoms with van der Waals surface area (Å²) >= 11 is 0. The molecule has 2 aliphatic heterocycles. The van der Waals surface area contributed by atoms with Gasteiger partial charge in [-0.05, 0) is 38.0 Å². The molecular formula is C24H26N4O4. The van der Waals surface area contributed by atoms with Gasteiger partial charge in [-0.25, -0.2) is 10.2 Å². The van der Waals surface area contributed by atoms with Gasteiger partial charge < -0.3 is 20.0 Å². The molecular weight excluding hydrogens is 408 g/mol. The molecule has 0 aromatic heterocycles. The van der Waals surface area contributed by atoms with Gasteiger partial charge in [0.15, 0.2) is 0 Å². The number of benzene rings is 2. The maximum atomic E-state index is 13.0. The minimum atomic E-state index is -0.507. The monoisotopic (exact) mass is 434 g/mol. The predicted octanol–water partition coefficient (Wildman–Crippen LogP) is 2.74. The summed E-state index contributed by atoms with van der Waals surface area (Å²) in [5.74, 6) is -1.05. The van der Waals surface area contributed by atoms with Crippen LogP contribution in [0, 0.1) is 6.92 Å². The van der Waals surface area contributed by atoms with E-state index in [0.29, 0.717) is 12.1 Å². The van der Waals surface area contributed by atoms with E-state index >= 15 is 0 Å². The van der Waals surface area contributed by atoms with Gasteiger partial charge in [0.25, 0.3) is 5.91 Å². The fourth-order valence-electron chi connectivity index (χ4n) is 3.91. The molecule has 4 rings (SSSR count). The molecule has 2 atom stereocenters. The highest BCUT2D eigenvalue weighted by molar-refractivity contribution is 6.02. The van der Waals surface area contributed by atoms with Crippen LogP contribution in [0.4, 0.5) is 5.69 Å². The molecule has 166 valence electrons. The maximum absolute atomic E-state index is 13.0. The van der Waals surface area contributed by atoms with Gasteiger partial charge in [0.05, 0.1) is 23.9 Å². The molecule has 8 heteroatoms. The Kier molecular flexibility index (Phi) is 6.23. The second-order valence-electron chi connectivity index (χ2n) is 7.83. The lowest BCUT2D eigenvalue weighted by atomic mass is 10.00. The number of carbonyl (C=O) groups excluding carboxylic acids is 3. The van der Waals surface area contributed by atoms with Gasteiger partial charge in [0.2, 0.25) is 5.91 Å². The number of rotatable bonds is 6. The Morgan fingerprint density at radius 2 is 1.88 bits per heavy atom. The first-order valence-corrected chi connectivity index (χ1v) is 10.6. The van der Waals surface area contributed by atoms with E-state index in [1.54, 1.807) is 48.6 Å². The molecule has 2 N–H and O–H groups in total. The van der Waals surface area contributed by atoms with Crippen molar-refractivity contribution in [2.75, 3.05) is 18.5 Å². The van der Waals surface area contributed by atoms with E-state index in [4.69, 9.17) is 4.74 Å². The first-order chi connectivity index (χ1) is 15.5. The molecule has 2 aromatic rings. The summed E-state index contributed by atoms with van der Waals surface area (Å²) in [4.78, 5) is 39.2. The SMILES string of the molecule is CCOC(=O)c1ccccc1NC(=O)CN1C=CN2NC(c3ccc(C)cc3)CC2C1=O. The number of para-hydroxylation sites is 1. The van der Waals surface area contributed by atoms with Crippen LogP contribution in [0.3, 0.4) is 0 Å². The number of hydrogen-bond acceptors (Lipinski definition) is 6. The van der Waals surface area contributed by atoms with Gasteiger partial charge in [0.1, 0.15) is 12.6 Å². The summed E-state index contributed by atoms with van der Waals surface area (Å²) < 4.78 is 5.04. The van der Waals surface area contributed by atoms with E-state index in [1.165, 1.54) is 10.5 Å². The van der Waals surface area contributed by atoms with Crippen molar-refractivity contribution in [2.45, 2.75) is 32.4 Å². The zero-order valence-corrected chi connectivity index (χ0v) is 18.1. The van der Waals surface area contributed by atoms with Crippen LogP contribution < -0.4 is 10.7 Å². The Labute approximate surface area is 186 Å². The number of aryl methyl sites for hydroxylation is 1. The zero-order chi connectivity index (χ0) is 22.7. The number of hydrazine groups is 1. The smallest absolute Gasteiger partial charge is 0.340 e. The summed E-state index contributed by atoms with van der Waals surface area (Å²) in [6.07, 6.45) is 3.98. The molecule has 8 nitrogen and oxygen atoms in total. The maximum Gasteiger partial charge on any atom is 0.340 e. The van der Waals surface area contributed by atoms with Crippen LogP contribution in [0.1, 0.15) is 40.9 Å². The molecule has 2 aliphatic rings. The number of amides is 2. The molecule has 32 heavy (non-hydrogen) atoms. The average Bonchev–Trinajstić information content (AvgIpc) is 3.22. The minimum Gasteiger partial charge on any atom is -0.462 e. The van der Waals surface area contributed by atoms with Gasteiger partial charge in [0, 0.05) is 12.4 Å². The minimum absolute atomic E-state index is 0.0273. The molecule has 0 bridgehead atoms. The van der Waals surface area contributed by atoms with E-state index < -0.39 is 11.9 Å². The average molecular weight is 434 g/mol. The third-order valence-corrected chi connectivity index (χ3v) is 5.57. The highest BCUT2D eigenvalue weighted by Crippen LogP contribution is 2.31. The van der Waals surface area contributed by atoms with Crippen molar-refractivity contribution >= 4 is 23.5 Å². The molecule has 2 heterocycles. The van der Waals surface area contributed by atoms with Gasteiger partial charge in [-0.2, -0.15) is 0 Å². The van der Waals surface area contributed by atoms with Crippen molar-refractivity contribution in [3.05, 3.63) is 77.6 Å². The zero-order valence-electron chi connectivity index (χ0n) is 18.1. The second kappa shape index (κ2) is 9.23. The number of hydrogen-bond donors (Lipinski definition) is 2. The normalized spacial score (nSPS) is 19.6. The van der Waals surface area contributed by atoms with Crippen molar-refractivity contribution in [2.24, 2.45) is 0 Å². The van der Waals surface area contributed by atoms with E-state index in [1.807, 2.05) is 6.92 Å². The van der Waals surface area contributed by atoms with Gasteiger partial charge in [-0.1, -0.05) is 42.0 Å². The summed E-state index contributed by atoms with van der Waals surface area (Å²) in [6.45, 7) is 3.85. The molecule has 1 saturated heterocycles. The molecule has 0 spiro atoms. The van der Waals surface area contributed by atoms with Crippen molar-refractivity contribution in [1.82, 2.24) is 15.3 Å². The van der Waals surface area contributed by atoms with Crippen LogP contribution >= 0.6 is 0 Å². The van der Waals surface area contributed by atoms with E-state index in [9.17, 15) is 14.4 Å². The third kappa shape index (κ3) is 4.50. The first-order valence-electron chi connectivity index (χ1n) is 10.6. The van der Waals surface area contributed by atoms with Crippen LogP contribution in [0.2, 0.25) is 0 Å². The van der Waals surface area contributed by atoms with Crippen molar-refractivity contribution < 1.29 is 19.1 Å². The lowest BCUT2D eigenvalue weighted by Crippen LogP contribution is -2.49. The van der Waals surface area contributed by atoms with Gasteiger partial charge in [-0.15, -0.1) is 0 Å². The number of anilines is 1. The third-order valence-electron chi connectivity index (χ3n) is 5.57. The number of carbonyl (C=O) groups is 3. The van der Waals surface area contributed by atoms with E-state index in [2.05, 4.69) is 35.0 Å². The number of ether oxygens (including phenoxy) is 1. The summed E-state index contributed by atoms with van der Waals surface area (Å²) in [7, 11) is 0. The van der Waals surface area contributed by atoms with Gasteiger partial charge in [-0.3, -0.25) is 9.59 Å². The number of nitrogens with zero attached hydrogens (tertiary/aromatic N) is 2. The van der Waals surface area contributed by atoms with E-state index in [-0.39, 0.29) is 36.7 Å². The predicted molar refractivity (Wildman–Crippen MR) is 119 cm³/mol. The van der Waals surface area contributed by atoms with Crippen molar-refractivity contribution in [3.63, 3.8) is 0 Å². The van der Waals surface area contributed by atoms with Crippen LogP contribution in [-0.4, -0.2) is 46.9 Å². The van der Waals surface area contributed by atoms with Gasteiger partial charge >= 0.3 is 5.97 Å². The standard InChI is InChI=1S/C24H26N4O4/c1-3-32-24(31)18-6-4-5-7-19(18)25-22(29)15-27-12-13-28-21(23(27)30)14-20(26-28)17-10-8-16(2)9-11-17/h4-13,20-21,26H,3,14-15H2,1-2H3,(H,25,29). The fraction of sp³-hybridized carbons (Fsp3) is 0.292. The van der Waals surface area contributed by atoms with Crippen LogP contribution in [0.5, 0.6) is 0 Å². The molecule has 0 radical (unpaired) electrons. The highest BCUT2D eigenvalue weighted by atomic mass is 16.5. The molecule has 2 aromatic carbocycles. The lowest BCUT2D eigenvalue weighted by molar-refractivity contribution is -0.137. The number of esters is 1. The molecule has 2 unspecified atom stereocenters. The topological polar surface area (TPSA) is 91.0 Å². The molecule has 0 aliphatic carbocycles. The van der Waals surface area contributed by atoms with Crippen LogP contribution in [0.25, 0.3) is 0 Å². The summed E-state index contributed by atoms with van der Waals surface area (Å²) in [6, 6.07) is 14.5. The second-order valence-corrected chi connectivity index (χ2v) is 7.83. The largest absolute Gasteiger partial charge is 0.462 e. The van der Waals surface area contributed by atoms with Crippen molar-refractivity contribution in [3.8, 4) is 0 Å². The van der Waals surface area contributed by atoms with Crippen molar-refractivity contribution in [1.29, 1.82) is 0 Å². The quantitative estimate of drug-likeness (QED) is 0.680. The Morgan fingerprint density at radius 1 is 1.12 bits per heavy atom. The Bertz CT molecular complexity index is 1050. The fourth-order valence-corrected chi connectivity index (χ4v) is 3.91. The molecule has 1 fully saturated rings. The molecule has 0 saturated carbocycles. The first kappa shape index (κ1) is 21.6. The van der Waals surface area contributed by atoms with E-state index in [0.717, 1.165) is 5.56 Å². The number of fused-ring (bicyclic) bond motifs is 1. The highest BCUT2D eigenvalue weighted by Gasteiger charge is 2.40.